The third kappa shape index (κ3) is 5.59. The van der Waals surface area contributed by atoms with Crippen molar-refractivity contribution in [3.05, 3.63) is 23.8 Å². The molecule has 0 aliphatic carbocycles. The number of hydrogen-bond donors (Lipinski definition) is 1. The van der Waals surface area contributed by atoms with Crippen LogP contribution in [0.4, 0.5) is 4.79 Å². The van der Waals surface area contributed by atoms with E-state index < -0.39 is 11.2 Å². The van der Waals surface area contributed by atoms with Crippen molar-refractivity contribution < 1.29 is 28.6 Å². The minimum atomic E-state index is -0.533. The second-order valence-corrected chi connectivity index (χ2v) is 8.83. The molecule has 1 N–H and O–H groups in total. The van der Waals surface area contributed by atoms with Gasteiger partial charge in [-0.25, -0.2) is 4.79 Å². The Morgan fingerprint density at radius 3 is 2.45 bits per heavy atom. The maximum Gasteiger partial charge on any atom is 0.410 e. The van der Waals surface area contributed by atoms with Gasteiger partial charge in [0.1, 0.15) is 16.9 Å². The Hall–Kier alpha value is -2.97. The minimum absolute atomic E-state index is 0.263. The molecule has 31 heavy (non-hydrogen) atoms. The topological polar surface area (TPSA) is 98.7 Å². The van der Waals surface area contributed by atoms with Crippen molar-refractivity contribution in [3.63, 3.8) is 0 Å². The summed E-state index contributed by atoms with van der Waals surface area (Å²) in [5.74, 6) is 0.971. The number of ether oxygens (including phenoxy) is 3. The molecule has 1 aromatic rings. The number of nitrogens with one attached hydrogen (secondary N) is 1. The summed E-state index contributed by atoms with van der Waals surface area (Å²) in [6, 6.07) is 5.48. The molecule has 2 aliphatic heterocycles. The van der Waals surface area contributed by atoms with E-state index in [0.29, 0.717) is 56.1 Å². The molecule has 1 fully saturated rings. The second kappa shape index (κ2) is 9.03. The Kier molecular flexibility index (Phi) is 6.62. The summed E-state index contributed by atoms with van der Waals surface area (Å²) in [7, 11) is 3.14. The van der Waals surface area contributed by atoms with Crippen LogP contribution in [0.25, 0.3) is 0 Å². The molecule has 1 saturated heterocycles. The van der Waals surface area contributed by atoms with E-state index in [4.69, 9.17) is 19.0 Å². The normalized spacial score (nSPS) is 17.6. The van der Waals surface area contributed by atoms with Crippen molar-refractivity contribution in [3.8, 4) is 11.5 Å². The highest BCUT2D eigenvalue weighted by atomic mass is 16.7. The van der Waals surface area contributed by atoms with Crippen LogP contribution < -0.4 is 14.8 Å². The lowest BCUT2D eigenvalue weighted by atomic mass is 9.87. The Labute approximate surface area is 182 Å². The number of rotatable bonds is 5. The number of carbonyl (C=O) groups excluding carboxylic acids is 2. The number of carbonyl (C=O) groups is 2. The SMILES string of the molecule is COc1ccc(CNC(=O)C2=NOC3(CCN(C(=O)OC(C)(C)C)CC3)C2)cc1OC. The third-order valence-electron chi connectivity index (χ3n) is 5.33. The van der Waals surface area contributed by atoms with Crippen molar-refractivity contribution in [1.82, 2.24) is 10.2 Å². The minimum Gasteiger partial charge on any atom is -0.493 e. The fourth-order valence-electron chi connectivity index (χ4n) is 3.61. The summed E-state index contributed by atoms with van der Waals surface area (Å²) < 4.78 is 15.9. The standard InChI is InChI=1S/C22H31N3O6/c1-21(2,3)30-20(27)25-10-8-22(9-11-25)13-16(24-31-22)19(26)23-14-15-6-7-17(28-4)18(12-15)29-5/h6-7,12H,8-11,13-14H2,1-5H3,(H,23,26). The van der Waals surface area contributed by atoms with Crippen molar-refractivity contribution in [2.24, 2.45) is 5.16 Å². The van der Waals surface area contributed by atoms with E-state index in [1.165, 1.54) is 0 Å². The lowest BCUT2D eigenvalue weighted by Crippen LogP contribution is -2.48. The molecule has 0 bridgehead atoms. The first kappa shape index (κ1) is 22.7. The smallest absolute Gasteiger partial charge is 0.410 e. The summed E-state index contributed by atoms with van der Waals surface area (Å²) in [5, 5.41) is 6.91. The Balaban J connectivity index is 1.49. The molecule has 3 rings (SSSR count). The summed E-state index contributed by atoms with van der Waals surface area (Å²) >= 11 is 0. The van der Waals surface area contributed by atoms with Crippen LogP contribution in [0.1, 0.15) is 45.6 Å². The van der Waals surface area contributed by atoms with Gasteiger partial charge in [-0.15, -0.1) is 0 Å². The Morgan fingerprint density at radius 1 is 1.16 bits per heavy atom. The summed E-state index contributed by atoms with van der Waals surface area (Å²) in [6.45, 7) is 6.87. The van der Waals surface area contributed by atoms with Gasteiger partial charge in [-0.05, 0) is 38.5 Å². The highest BCUT2D eigenvalue weighted by Crippen LogP contribution is 2.35. The van der Waals surface area contributed by atoms with Crippen LogP contribution in [0.15, 0.2) is 23.4 Å². The molecule has 170 valence electrons. The van der Waals surface area contributed by atoms with Crippen LogP contribution in [0.5, 0.6) is 11.5 Å². The van der Waals surface area contributed by atoms with Gasteiger partial charge >= 0.3 is 6.09 Å². The van der Waals surface area contributed by atoms with Crippen LogP contribution in [0, 0.1) is 0 Å². The van der Waals surface area contributed by atoms with Crippen LogP contribution in [0.2, 0.25) is 0 Å². The molecular weight excluding hydrogens is 402 g/mol. The number of nitrogens with zero attached hydrogens (tertiary/aromatic N) is 2. The van der Waals surface area contributed by atoms with Gasteiger partial charge in [-0.2, -0.15) is 0 Å². The van der Waals surface area contributed by atoms with Gasteiger partial charge in [0.25, 0.3) is 5.91 Å². The van der Waals surface area contributed by atoms with Crippen LogP contribution >= 0.6 is 0 Å². The predicted molar refractivity (Wildman–Crippen MR) is 114 cm³/mol. The molecule has 0 radical (unpaired) electrons. The lowest BCUT2D eigenvalue weighted by Gasteiger charge is -2.37. The lowest BCUT2D eigenvalue weighted by molar-refractivity contribution is -0.115. The van der Waals surface area contributed by atoms with Crippen molar-refractivity contribution in [2.45, 2.75) is 57.8 Å². The maximum atomic E-state index is 12.6. The summed E-state index contributed by atoms with van der Waals surface area (Å²) in [4.78, 5) is 32.2. The monoisotopic (exact) mass is 433 g/mol. The summed E-state index contributed by atoms with van der Waals surface area (Å²) in [5.41, 5.74) is 0.185. The quantitative estimate of drug-likeness (QED) is 0.767. The first-order valence-corrected chi connectivity index (χ1v) is 10.4. The molecule has 0 saturated carbocycles. The van der Waals surface area contributed by atoms with Crippen LogP contribution in [0.3, 0.4) is 0 Å². The molecule has 0 atom stereocenters. The van der Waals surface area contributed by atoms with E-state index in [9.17, 15) is 9.59 Å². The number of piperidine rings is 1. The number of oxime groups is 1. The molecule has 9 heteroatoms. The zero-order chi connectivity index (χ0) is 22.6. The molecule has 2 amide bonds. The van der Waals surface area contributed by atoms with E-state index >= 15 is 0 Å². The van der Waals surface area contributed by atoms with Crippen LogP contribution in [-0.2, 0) is 20.9 Å². The van der Waals surface area contributed by atoms with Gasteiger partial charge in [-0.1, -0.05) is 11.2 Å². The van der Waals surface area contributed by atoms with E-state index in [1.807, 2.05) is 32.9 Å². The molecule has 0 unspecified atom stereocenters. The first-order valence-electron chi connectivity index (χ1n) is 10.4. The van der Waals surface area contributed by atoms with Crippen molar-refractivity contribution >= 4 is 17.7 Å². The zero-order valence-corrected chi connectivity index (χ0v) is 18.8. The van der Waals surface area contributed by atoms with Gasteiger partial charge in [0.05, 0.1) is 14.2 Å². The molecular formula is C22H31N3O6. The fourth-order valence-corrected chi connectivity index (χ4v) is 3.61. The van der Waals surface area contributed by atoms with Crippen molar-refractivity contribution in [2.75, 3.05) is 27.3 Å². The number of benzene rings is 1. The molecule has 0 aromatic heterocycles. The first-order chi connectivity index (χ1) is 14.6. The Morgan fingerprint density at radius 2 is 1.84 bits per heavy atom. The average Bonchev–Trinajstić information content (AvgIpc) is 3.14. The Bertz CT molecular complexity index is 853. The van der Waals surface area contributed by atoms with Crippen LogP contribution in [-0.4, -0.2) is 61.1 Å². The predicted octanol–water partition coefficient (Wildman–Crippen LogP) is 2.87. The molecule has 2 heterocycles. The number of methoxy groups -OCH3 is 2. The number of likely N-dealkylation sites (tertiary alicyclic amines) is 1. The summed E-state index contributed by atoms with van der Waals surface area (Å²) in [6.07, 6.45) is 1.30. The zero-order valence-electron chi connectivity index (χ0n) is 18.8. The average molecular weight is 434 g/mol. The maximum absolute atomic E-state index is 12.6. The number of hydrogen-bond acceptors (Lipinski definition) is 7. The fraction of sp³-hybridized carbons (Fsp3) is 0.591. The molecule has 2 aliphatic rings. The van der Waals surface area contributed by atoms with Gasteiger partial charge < -0.3 is 29.3 Å². The van der Waals surface area contributed by atoms with E-state index in [-0.39, 0.29) is 12.0 Å². The van der Waals surface area contributed by atoms with Crippen molar-refractivity contribution in [1.29, 1.82) is 0 Å². The van der Waals surface area contributed by atoms with E-state index in [1.54, 1.807) is 25.2 Å². The highest BCUT2D eigenvalue weighted by molar-refractivity contribution is 6.39. The van der Waals surface area contributed by atoms with Gasteiger partial charge in [0, 0.05) is 38.9 Å². The molecule has 1 aromatic carbocycles. The second-order valence-electron chi connectivity index (χ2n) is 8.83. The molecule has 1 spiro atoms. The van der Waals surface area contributed by atoms with E-state index in [2.05, 4.69) is 10.5 Å². The largest absolute Gasteiger partial charge is 0.493 e. The van der Waals surface area contributed by atoms with Gasteiger partial charge in [0.2, 0.25) is 0 Å². The van der Waals surface area contributed by atoms with E-state index in [0.717, 1.165) is 5.56 Å². The van der Waals surface area contributed by atoms with Gasteiger partial charge in [0.15, 0.2) is 11.5 Å². The number of amides is 2. The van der Waals surface area contributed by atoms with Gasteiger partial charge in [-0.3, -0.25) is 4.79 Å². The third-order valence-corrected chi connectivity index (χ3v) is 5.33. The highest BCUT2D eigenvalue weighted by Gasteiger charge is 2.45. The molecule has 9 nitrogen and oxygen atoms in total.